The van der Waals surface area contributed by atoms with E-state index >= 15 is 0 Å². The number of aliphatic hydroxyl groups excluding tert-OH is 1. The van der Waals surface area contributed by atoms with E-state index in [9.17, 15) is 13.5 Å². The Morgan fingerprint density at radius 2 is 1.89 bits per heavy atom. The topological polar surface area (TPSA) is 66.4 Å². The molecule has 2 N–H and O–H groups in total. The molecule has 1 aliphatic carbocycles. The van der Waals surface area contributed by atoms with Crippen molar-refractivity contribution in [3.8, 4) is 0 Å². The van der Waals surface area contributed by atoms with Crippen LogP contribution in [0.5, 0.6) is 0 Å². The maximum absolute atomic E-state index is 12.2. The molecule has 1 saturated carbocycles. The van der Waals surface area contributed by atoms with Crippen molar-refractivity contribution in [2.45, 2.75) is 50.2 Å². The van der Waals surface area contributed by atoms with Crippen LogP contribution in [0.4, 0.5) is 0 Å². The van der Waals surface area contributed by atoms with E-state index in [1.807, 2.05) is 0 Å². The second-order valence-corrected chi connectivity index (χ2v) is 7.20. The lowest BCUT2D eigenvalue weighted by atomic mass is 10.1. The van der Waals surface area contributed by atoms with Crippen LogP contribution in [0, 0.1) is 5.92 Å². The summed E-state index contributed by atoms with van der Waals surface area (Å²) in [6.07, 6.45) is 2.31. The van der Waals surface area contributed by atoms with Gasteiger partial charge < -0.3 is 5.11 Å². The molecule has 0 heterocycles. The van der Waals surface area contributed by atoms with Crippen molar-refractivity contribution in [2.24, 2.45) is 5.92 Å². The molecule has 5 heteroatoms. The van der Waals surface area contributed by atoms with Crippen LogP contribution in [-0.4, -0.2) is 19.6 Å². The fourth-order valence-electron chi connectivity index (χ4n) is 2.53. The fraction of sp³-hybridized carbons (Fsp3) is 0.571. The second-order valence-electron chi connectivity index (χ2n) is 5.48. The minimum absolute atomic E-state index is 0.0523. The molecule has 3 atom stereocenters. The third kappa shape index (κ3) is 3.55. The molecule has 1 fully saturated rings. The Hall–Kier alpha value is -0.910. The average Bonchev–Trinajstić information content (AvgIpc) is 2.74. The monoisotopic (exact) mass is 283 g/mol. The highest BCUT2D eigenvalue weighted by molar-refractivity contribution is 7.89. The van der Waals surface area contributed by atoms with Crippen LogP contribution in [0.15, 0.2) is 29.2 Å². The second kappa shape index (κ2) is 5.61. The molecule has 106 valence electrons. The third-order valence-electron chi connectivity index (χ3n) is 3.69. The number of benzene rings is 1. The summed E-state index contributed by atoms with van der Waals surface area (Å²) in [6.45, 7) is 3.80. The normalized spacial score (nSPS) is 25.4. The molecule has 1 aromatic carbocycles. The van der Waals surface area contributed by atoms with E-state index in [4.69, 9.17) is 0 Å². The molecule has 0 spiro atoms. The molecule has 4 nitrogen and oxygen atoms in total. The molecule has 0 aliphatic heterocycles. The molecule has 0 aromatic heterocycles. The molecule has 0 saturated heterocycles. The van der Waals surface area contributed by atoms with Crippen LogP contribution in [0.1, 0.15) is 44.8 Å². The fourth-order valence-corrected chi connectivity index (χ4v) is 3.81. The van der Waals surface area contributed by atoms with Gasteiger partial charge in [-0.05, 0) is 49.8 Å². The lowest BCUT2D eigenvalue weighted by molar-refractivity contribution is 0.199. The van der Waals surface area contributed by atoms with Gasteiger partial charge in [-0.2, -0.15) is 0 Å². The molecule has 1 aliphatic rings. The van der Waals surface area contributed by atoms with Gasteiger partial charge in [0.25, 0.3) is 0 Å². The van der Waals surface area contributed by atoms with E-state index in [0.29, 0.717) is 11.5 Å². The zero-order valence-corrected chi connectivity index (χ0v) is 12.2. The van der Waals surface area contributed by atoms with Crippen LogP contribution in [-0.2, 0) is 10.0 Å². The highest BCUT2D eigenvalue weighted by Gasteiger charge is 2.26. The van der Waals surface area contributed by atoms with Gasteiger partial charge in [0.15, 0.2) is 0 Å². The summed E-state index contributed by atoms with van der Waals surface area (Å²) in [5.41, 5.74) is 0.716. The van der Waals surface area contributed by atoms with Crippen LogP contribution in [0.3, 0.4) is 0 Å². The molecule has 0 bridgehead atoms. The number of aliphatic hydroxyl groups is 1. The highest BCUT2D eigenvalue weighted by Crippen LogP contribution is 2.26. The van der Waals surface area contributed by atoms with Crippen molar-refractivity contribution >= 4 is 10.0 Å². The van der Waals surface area contributed by atoms with Crippen LogP contribution < -0.4 is 4.72 Å². The molecule has 19 heavy (non-hydrogen) atoms. The molecule has 1 aromatic rings. The summed E-state index contributed by atoms with van der Waals surface area (Å²) in [5, 5.41) is 9.41. The minimum Gasteiger partial charge on any atom is -0.389 e. The lowest BCUT2D eigenvalue weighted by Gasteiger charge is -2.13. The predicted octanol–water partition coefficient (Wildman–Crippen LogP) is 2.21. The summed E-state index contributed by atoms with van der Waals surface area (Å²) in [7, 11) is -3.44. The minimum atomic E-state index is -3.44. The number of nitrogens with one attached hydrogen (secondary N) is 1. The quantitative estimate of drug-likeness (QED) is 0.890. The summed E-state index contributed by atoms with van der Waals surface area (Å²) >= 11 is 0. The Balaban J connectivity index is 2.11. The highest BCUT2D eigenvalue weighted by atomic mass is 32.2. The van der Waals surface area contributed by atoms with Crippen LogP contribution in [0.25, 0.3) is 0 Å². The first-order chi connectivity index (χ1) is 8.88. The summed E-state index contributed by atoms with van der Waals surface area (Å²) in [5.74, 6) is 0.588. The lowest BCUT2D eigenvalue weighted by Crippen LogP contribution is -2.32. The molecule has 3 unspecified atom stereocenters. The SMILES string of the molecule is CC1CCC(NS(=O)(=O)c2ccc(C(C)O)cc2)C1. The molecular formula is C14H21NO3S. The van der Waals surface area contributed by atoms with E-state index in [1.165, 1.54) is 0 Å². The summed E-state index contributed by atoms with van der Waals surface area (Å²) in [6, 6.07) is 6.44. The number of sulfonamides is 1. The van der Waals surface area contributed by atoms with E-state index in [-0.39, 0.29) is 10.9 Å². The Kier molecular flexibility index (Phi) is 4.28. The maximum Gasteiger partial charge on any atom is 0.240 e. The zero-order chi connectivity index (χ0) is 14.0. The smallest absolute Gasteiger partial charge is 0.240 e. The predicted molar refractivity (Wildman–Crippen MR) is 74.2 cm³/mol. The van der Waals surface area contributed by atoms with Gasteiger partial charge in [0, 0.05) is 6.04 Å². The maximum atomic E-state index is 12.2. The Labute approximate surface area is 114 Å². The van der Waals surface area contributed by atoms with Gasteiger partial charge in [-0.25, -0.2) is 13.1 Å². The first kappa shape index (κ1) is 14.5. The summed E-state index contributed by atoms with van der Waals surface area (Å²) in [4.78, 5) is 0.261. The van der Waals surface area contributed by atoms with Crippen LogP contribution >= 0.6 is 0 Å². The number of rotatable bonds is 4. The Morgan fingerprint density at radius 1 is 1.26 bits per heavy atom. The first-order valence-corrected chi connectivity index (χ1v) is 8.17. The van der Waals surface area contributed by atoms with Crippen molar-refractivity contribution in [1.29, 1.82) is 0 Å². The van der Waals surface area contributed by atoms with Crippen LogP contribution in [0.2, 0.25) is 0 Å². The zero-order valence-electron chi connectivity index (χ0n) is 11.3. The number of hydrogen-bond donors (Lipinski definition) is 2. The average molecular weight is 283 g/mol. The summed E-state index contributed by atoms with van der Waals surface area (Å²) < 4.78 is 27.2. The third-order valence-corrected chi connectivity index (χ3v) is 5.23. The molecular weight excluding hydrogens is 262 g/mol. The van der Waals surface area contributed by atoms with E-state index in [0.717, 1.165) is 19.3 Å². The number of hydrogen-bond acceptors (Lipinski definition) is 3. The Bertz CT molecular complexity index is 522. The van der Waals surface area contributed by atoms with Gasteiger partial charge >= 0.3 is 0 Å². The Morgan fingerprint density at radius 3 is 2.37 bits per heavy atom. The molecule has 0 amide bonds. The van der Waals surface area contributed by atoms with Crippen molar-refractivity contribution in [1.82, 2.24) is 4.72 Å². The molecule has 2 rings (SSSR count). The van der Waals surface area contributed by atoms with Crippen molar-refractivity contribution < 1.29 is 13.5 Å². The van der Waals surface area contributed by atoms with E-state index in [2.05, 4.69) is 11.6 Å². The van der Waals surface area contributed by atoms with Crippen molar-refractivity contribution in [2.75, 3.05) is 0 Å². The van der Waals surface area contributed by atoms with Gasteiger partial charge in [-0.3, -0.25) is 0 Å². The van der Waals surface area contributed by atoms with Gasteiger partial charge in [0.05, 0.1) is 11.0 Å². The van der Waals surface area contributed by atoms with Gasteiger partial charge in [-0.15, -0.1) is 0 Å². The molecule has 0 radical (unpaired) electrons. The van der Waals surface area contributed by atoms with Gasteiger partial charge in [0.2, 0.25) is 10.0 Å². The van der Waals surface area contributed by atoms with Crippen molar-refractivity contribution in [3.63, 3.8) is 0 Å². The van der Waals surface area contributed by atoms with Crippen molar-refractivity contribution in [3.05, 3.63) is 29.8 Å². The van der Waals surface area contributed by atoms with Gasteiger partial charge in [0.1, 0.15) is 0 Å². The van der Waals surface area contributed by atoms with Gasteiger partial charge in [-0.1, -0.05) is 19.1 Å². The largest absolute Gasteiger partial charge is 0.389 e. The standard InChI is InChI=1S/C14H21NO3S/c1-10-3-6-13(9-10)15-19(17,18)14-7-4-12(5-8-14)11(2)16/h4-5,7-8,10-11,13,15-16H,3,6,9H2,1-2H3. The van der Waals surface area contributed by atoms with E-state index < -0.39 is 16.1 Å². The van der Waals surface area contributed by atoms with E-state index in [1.54, 1.807) is 31.2 Å². The first-order valence-electron chi connectivity index (χ1n) is 6.69.